The van der Waals surface area contributed by atoms with Crippen molar-refractivity contribution in [1.82, 2.24) is 0 Å². The number of nitro benzene ring substituents is 1. The van der Waals surface area contributed by atoms with E-state index in [2.05, 4.69) is 31.9 Å². The Kier molecular flexibility index (Phi) is 3.48. The molecule has 1 aromatic rings. The normalized spacial score (nSPS) is 11.4. The van der Waals surface area contributed by atoms with E-state index >= 15 is 0 Å². The fraction of sp³-hybridized carbons (Fsp3) is 0. The number of nitro groups is 1. The van der Waals surface area contributed by atoms with Gasteiger partial charge in [0, 0.05) is 10.5 Å². The van der Waals surface area contributed by atoms with Crippen molar-refractivity contribution < 1.29 is 13.3 Å². The van der Waals surface area contributed by atoms with Crippen LogP contribution >= 0.6 is 31.9 Å². The van der Waals surface area contributed by atoms with Crippen LogP contribution in [0.3, 0.4) is 0 Å². The molecule has 0 aliphatic carbocycles. The van der Waals surface area contributed by atoms with Crippen LogP contribution in [-0.4, -0.2) is 13.3 Å². The number of rotatable bonds is 2. The van der Waals surface area contributed by atoms with E-state index in [9.17, 15) is 18.5 Å². The van der Waals surface area contributed by atoms with Crippen molar-refractivity contribution >= 4 is 47.6 Å². The highest BCUT2D eigenvalue weighted by Gasteiger charge is 2.27. The molecule has 0 radical (unpaired) electrons. The van der Waals surface area contributed by atoms with E-state index < -0.39 is 25.5 Å². The van der Waals surface area contributed by atoms with E-state index in [0.29, 0.717) is 4.47 Å². The van der Waals surface area contributed by atoms with Gasteiger partial charge in [0.1, 0.15) is 0 Å². The van der Waals surface area contributed by atoms with Gasteiger partial charge in [-0.3, -0.25) is 10.1 Å². The lowest BCUT2D eigenvalue weighted by atomic mass is 10.3. The van der Waals surface area contributed by atoms with Crippen LogP contribution in [0.1, 0.15) is 0 Å². The van der Waals surface area contributed by atoms with Crippen LogP contribution in [0.2, 0.25) is 0 Å². The van der Waals surface area contributed by atoms with Gasteiger partial charge in [0.2, 0.25) is 10.0 Å². The van der Waals surface area contributed by atoms with E-state index in [1.165, 1.54) is 6.07 Å². The molecule has 0 aliphatic rings. The van der Waals surface area contributed by atoms with E-state index in [1.807, 2.05) is 0 Å². The molecule has 1 rings (SSSR count). The van der Waals surface area contributed by atoms with Crippen LogP contribution in [0.4, 0.5) is 5.69 Å². The Bertz CT molecular complexity index is 528. The van der Waals surface area contributed by atoms with Gasteiger partial charge >= 0.3 is 0 Å². The van der Waals surface area contributed by atoms with Gasteiger partial charge < -0.3 is 0 Å². The van der Waals surface area contributed by atoms with Gasteiger partial charge in [0.25, 0.3) is 5.69 Å². The van der Waals surface area contributed by atoms with E-state index in [1.54, 1.807) is 0 Å². The van der Waals surface area contributed by atoms with Crippen molar-refractivity contribution in [2.45, 2.75) is 4.90 Å². The summed E-state index contributed by atoms with van der Waals surface area (Å²) < 4.78 is 22.7. The van der Waals surface area contributed by atoms with Crippen molar-refractivity contribution in [3.8, 4) is 0 Å². The smallest absolute Gasteiger partial charge is 0.258 e. The first-order valence-corrected chi connectivity index (χ1v) is 6.53. The lowest BCUT2D eigenvalue weighted by molar-refractivity contribution is -0.388. The summed E-state index contributed by atoms with van der Waals surface area (Å²) in [6.45, 7) is 0. The second-order valence-electron chi connectivity index (χ2n) is 2.51. The number of sulfonamides is 1. The van der Waals surface area contributed by atoms with Crippen molar-refractivity contribution in [1.29, 1.82) is 0 Å². The third-order valence-corrected chi connectivity index (χ3v) is 4.77. The minimum atomic E-state index is -4.15. The van der Waals surface area contributed by atoms with E-state index in [-0.39, 0.29) is 4.47 Å². The van der Waals surface area contributed by atoms with Crippen LogP contribution in [0, 0.1) is 10.1 Å². The van der Waals surface area contributed by atoms with Crippen LogP contribution in [0.5, 0.6) is 0 Å². The first kappa shape index (κ1) is 12.6. The summed E-state index contributed by atoms with van der Waals surface area (Å²) in [6, 6.07) is 2.42. The molecule has 2 N–H and O–H groups in total. The Morgan fingerprint density at radius 1 is 1.33 bits per heavy atom. The Balaban J connectivity index is 3.72. The first-order valence-electron chi connectivity index (χ1n) is 3.40. The number of hydrogen-bond acceptors (Lipinski definition) is 4. The average molecular weight is 360 g/mol. The maximum absolute atomic E-state index is 11.2. The number of benzene rings is 1. The molecule has 1 aromatic carbocycles. The Hall–Kier alpha value is -0.510. The summed E-state index contributed by atoms with van der Waals surface area (Å²) in [6.07, 6.45) is 0. The number of hydrogen-bond donors (Lipinski definition) is 1. The highest BCUT2D eigenvalue weighted by atomic mass is 79.9. The van der Waals surface area contributed by atoms with E-state index in [0.717, 1.165) is 6.07 Å². The van der Waals surface area contributed by atoms with Crippen LogP contribution in [-0.2, 0) is 10.0 Å². The van der Waals surface area contributed by atoms with Gasteiger partial charge in [0.15, 0.2) is 4.90 Å². The molecule has 0 heterocycles. The van der Waals surface area contributed by atoms with Gasteiger partial charge in [-0.1, -0.05) is 0 Å². The zero-order chi connectivity index (χ0) is 11.8. The molecule has 0 amide bonds. The predicted octanol–water partition coefficient (Wildman–Crippen LogP) is 1.77. The van der Waals surface area contributed by atoms with Gasteiger partial charge in [-0.15, -0.1) is 0 Å². The minimum Gasteiger partial charge on any atom is -0.258 e. The quantitative estimate of drug-likeness (QED) is 0.641. The first-order chi connectivity index (χ1) is 6.75. The monoisotopic (exact) mass is 358 g/mol. The highest BCUT2D eigenvalue weighted by molar-refractivity contribution is 9.13. The summed E-state index contributed by atoms with van der Waals surface area (Å²) in [7, 11) is -4.15. The van der Waals surface area contributed by atoms with Gasteiger partial charge in [-0.05, 0) is 37.9 Å². The van der Waals surface area contributed by atoms with Crippen molar-refractivity contribution in [2.75, 3.05) is 0 Å². The Morgan fingerprint density at radius 3 is 2.27 bits per heavy atom. The second kappa shape index (κ2) is 4.16. The number of primary sulfonamides is 1. The van der Waals surface area contributed by atoms with Crippen LogP contribution in [0.25, 0.3) is 0 Å². The molecule has 0 unspecified atom stereocenters. The van der Waals surface area contributed by atoms with Gasteiger partial charge in [-0.25, -0.2) is 13.6 Å². The topological polar surface area (TPSA) is 103 Å². The lowest BCUT2D eigenvalue weighted by Crippen LogP contribution is -2.15. The molecule has 0 bridgehead atoms. The molecule has 0 fully saturated rings. The minimum absolute atomic E-state index is 0.0409. The highest BCUT2D eigenvalue weighted by Crippen LogP contribution is 2.35. The number of halogens is 2. The van der Waals surface area contributed by atoms with Crippen LogP contribution in [0.15, 0.2) is 26.0 Å². The number of nitrogens with two attached hydrogens (primary N) is 1. The molecule has 9 heteroatoms. The molecule has 82 valence electrons. The molecule has 0 aromatic heterocycles. The predicted molar refractivity (Wildman–Crippen MR) is 59.9 cm³/mol. The summed E-state index contributed by atoms with van der Waals surface area (Å²) in [5, 5.41) is 15.5. The third kappa shape index (κ3) is 2.54. The molecule has 0 saturated carbocycles. The zero-order valence-corrected chi connectivity index (χ0v) is 11.0. The lowest BCUT2D eigenvalue weighted by Gasteiger charge is -2.04. The molecule has 0 atom stereocenters. The van der Waals surface area contributed by atoms with Crippen molar-refractivity contribution in [3.05, 3.63) is 31.2 Å². The molecule has 0 saturated heterocycles. The second-order valence-corrected chi connectivity index (χ2v) is 5.66. The van der Waals surface area contributed by atoms with Crippen molar-refractivity contribution in [3.63, 3.8) is 0 Å². The average Bonchev–Trinajstić information content (AvgIpc) is 2.06. The fourth-order valence-corrected chi connectivity index (χ4v) is 3.20. The van der Waals surface area contributed by atoms with Gasteiger partial charge in [0.05, 0.1) is 9.40 Å². The van der Waals surface area contributed by atoms with E-state index in [4.69, 9.17) is 5.14 Å². The summed E-state index contributed by atoms with van der Waals surface area (Å²) in [5.74, 6) is 0. The molecule has 15 heavy (non-hydrogen) atoms. The zero-order valence-electron chi connectivity index (χ0n) is 6.98. The fourth-order valence-electron chi connectivity index (χ4n) is 0.936. The third-order valence-electron chi connectivity index (χ3n) is 1.51. The van der Waals surface area contributed by atoms with Gasteiger partial charge in [-0.2, -0.15) is 0 Å². The van der Waals surface area contributed by atoms with Crippen LogP contribution < -0.4 is 5.14 Å². The maximum Gasteiger partial charge on any atom is 0.290 e. The van der Waals surface area contributed by atoms with Crippen molar-refractivity contribution in [2.24, 2.45) is 5.14 Å². The summed E-state index contributed by atoms with van der Waals surface area (Å²) in [4.78, 5) is 9.23. The number of nitrogens with zero attached hydrogens (tertiary/aromatic N) is 1. The largest absolute Gasteiger partial charge is 0.290 e. The Morgan fingerprint density at radius 2 is 1.87 bits per heavy atom. The molecular formula is C6H4Br2N2O4S. The molecule has 0 aliphatic heterocycles. The summed E-state index contributed by atoms with van der Waals surface area (Å²) in [5.41, 5.74) is -0.562. The standard InChI is InChI=1S/C6H4Br2N2O4S/c7-3-1-2-4(10(11)12)6(5(3)8)15(9,13)14/h1-2H,(H2,9,13,14). The Labute approximate surface area is 102 Å². The molecule has 6 nitrogen and oxygen atoms in total. The SMILES string of the molecule is NS(=O)(=O)c1c([N+](=O)[O-])ccc(Br)c1Br. The molecule has 0 spiro atoms. The maximum atomic E-state index is 11.2. The summed E-state index contributed by atoms with van der Waals surface area (Å²) >= 11 is 5.96. The molecular weight excluding hydrogens is 356 g/mol.